The Morgan fingerprint density at radius 2 is 1.57 bits per heavy atom. The van der Waals surface area contributed by atoms with Crippen LogP contribution in [0, 0.1) is 5.41 Å². The van der Waals surface area contributed by atoms with E-state index in [0.717, 1.165) is 12.1 Å². The lowest BCUT2D eigenvalue weighted by Gasteiger charge is -2.30. The first-order valence-electron chi connectivity index (χ1n) is 8.08. The minimum atomic E-state index is -5.25. The van der Waals surface area contributed by atoms with E-state index in [-0.39, 0.29) is 11.3 Å². The molecule has 0 amide bonds. The number of benzene rings is 1. The van der Waals surface area contributed by atoms with Gasteiger partial charge in [0.2, 0.25) is 5.60 Å². The van der Waals surface area contributed by atoms with Crippen molar-refractivity contribution < 1.29 is 45.2 Å². The van der Waals surface area contributed by atoms with Gasteiger partial charge in [-0.2, -0.15) is 21.6 Å². The van der Waals surface area contributed by atoms with Crippen LogP contribution in [-0.4, -0.2) is 42.4 Å². The van der Waals surface area contributed by atoms with Crippen LogP contribution in [0.15, 0.2) is 24.3 Å². The van der Waals surface area contributed by atoms with E-state index in [1.807, 2.05) is 0 Å². The summed E-state index contributed by atoms with van der Waals surface area (Å²) in [6, 6.07) is 4.50. The minimum Gasteiger partial charge on any atom is -0.445 e. The number of carbonyl (C=O) groups is 2. The smallest absolute Gasteiger partial charge is 0.429 e. The number of hydrogen-bond acceptors (Lipinski definition) is 6. The summed E-state index contributed by atoms with van der Waals surface area (Å²) in [5, 5.41) is 0. The zero-order chi connectivity index (χ0) is 22.0. The molecule has 0 aromatic heterocycles. The second-order valence-electron chi connectivity index (χ2n) is 7.00. The van der Waals surface area contributed by atoms with Crippen LogP contribution >= 0.6 is 0 Å². The molecule has 1 atom stereocenters. The molecular weight excluding hydrogens is 405 g/mol. The highest BCUT2D eigenvalue weighted by molar-refractivity contribution is 7.85. The quantitative estimate of drug-likeness (QED) is 0.405. The van der Waals surface area contributed by atoms with Crippen molar-refractivity contribution in [1.82, 2.24) is 0 Å². The predicted molar refractivity (Wildman–Crippen MR) is 92.4 cm³/mol. The third-order valence-corrected chi connectivity index (χ3v) is 5.03. The zero-order valence-electron chi connectivity index (χ0n) is 15.7. The highest BCUT2D eigenvalue weighted by atomic mass is 32.2. The van der Waals surface area contributed by atoms with Crippen molar-refractivity contribution in [3.05, 3.63) is 29.8 Å². The summed E-state index contributed by atoms with van der Waals surface area (Å²) in [6.45, 7) is 5.48. The molecule has 0 aliphatic rings. The Morgan fingerprint density at radius 3 is 1.96 bits per heavy atom. The Bertz CT molecular complexity index is 829. The standard InChI is InChI=1S/C17H21F3O7S/c1-5-15(2,3)14(22)26-12-8-6-11(7-9-12)13(21)27-16(4,17(18,19)20)10-28(23,24)25/h6-9H,5,10H2,1-4H3,(H,23,24,25). The molecule has 0 heterocycles. The third-order valence-electron chi connectivity index (χ3n) is 4.11. The van der Waals surface area contributed by atoms with E-state index < -0.39 is 45.0 Å². The van der Waals surface area contributed by atoms with Crippen LogP contribution in [0.1, 0.15) is 44.5 Å². The second-order valence-corrected chi connectivity index (χ2v) is 8.45. The molecule has 1 rings (SSSR count). The van der Waals surface area contributed by atoms with E-state index in [9.17, 15) is 31.2 Å². The van der Waals surface area contributed by atoms with Crippen molar-refractivity contribution in [2.75, 3.05) is 5.75 Å². The summed E-state index contributed by atoms with van der Waals surface area (Å²) < 4.78 is 79.4. The Morgan fingerprint density at radius 1 is 1.07 bits per heavy atom. The van der Waals surface area contributed by atoms with Crippen molar-refractivity contribution >= 4 is 22.1 Å². The van der Waals surface area contributed by atoms with Crippen LogP contribution in [0.4, 0.5) is 13.2 Å². The van der Waals surface area contributed by atoms with Crippen LogP contribution < -0.4 is 4.74 Å². The average Bonchev–Trinajstić information content (AvgIpc) is 2.52. The zero-order valence-corrected chi connectivity index (χ0v) is 16.5. The molecule has 0 fully saturated rings. The van der Waals surface area contributed by atoms with Gasteiger partial charge in [0.25, 0.3) is 10.1 Å². The number of rotatable bonds is 7. The third kappa shape index (κ3) is 6.20. The molecular formula is C17H21F3O7S. The molecule has 1 N–H and O–H groups in total. The molecule has 0 aliphatic heterocycles. The molecule has 1 unspecified atom stereocenters. The van der Waals surface area contributed by atoms with Crippen LogP contribution in [0.25, 0.3) is 0 Å². The predicted octanol–water partition coefficient (Wildman–Crippen LogP) is 3.39. The van der Waals surface area contributed by atoms with Crippen molar-refractivity contribution in [3.8, 4) is 5.75 Å². The van der Waals surface area contributed by atoms with Gasteiger partial charge in [0.05, 0.1) is 11.0 Å². The lowest BCUT2D eigenvalue weighted by Crippen LogP contribution is -2.51. The van der Waals surface area contributed by atoms with Crippen LogP contribution in [0.3, 0.4) is 0 Å². The van der Waals surface area contributed by atoms with Crippen molar-refractivity contribution in [2.45, 2.75) is 45.9 Å². The fourth-order valence-electron chi connectivity index (χ4n) is 1.83. The van der Waals surface area contributed by atoms with Gasteiger partial charge in [0, 0.05) is 0 Å². The highest BCUT2D eigenvalue weighted by Gasteiger charge is 2.57. The Labute approximate surface area is 160 Å². The molecule has 0 saturated heterocycles. The van der Waals surface area contributed by atoms with E-state index in [2.05, 4.69) is 4.74 Å². The number of esters is 2. The van der Waals surface area contributed by atoms with Gasteiger partial charge in [-0.05, 0) is 51.5 Å². The van der Waals surface area contributed by atoms with Gasteiger partial charge < -0.3 is 9.47 Å². The maximum atomic E-state index is 13.2. The molecule has 11 heteroatoms. The van der Waals surface area contributed by atoms with Gasteiger partial charge in [-0.1, -0.05) is 6.92 Å². The van der Waals surface area contributed by atoms with E-state index in [0.29, 0.717) is 13.3 Å². The summed E-state index contributed by atoms with van der Waals surface area (Å²) in [7, 11) is -5.08. The van der Waals surface area contributed by atoms with Crippen molar-refractivity contribution in [1.29, 1.82) is 0 Å². The Hall–Kier alpha value is -2.14. The molecule has 0 aliphatic carbocycles. The Kier molecular flexibility index (Phi) is 6.89. The van der Waals surface area contributed by atoms with Gasteiger partial charge in [0.15, 0.2) is 0 Å². The Balaban J connectivity index is 2.99. The van der Waals surface area contributed by atoms with Gasteiger partial charge in [-0.15, -0.1) is 0 Å². The number of halogens is 3. The molecule has 7 nitrogen and oxygen atoms in total. The summed E-state index contributed by atoms with van der Waals surface area (Å²) in [6.07, 6.45) is -4.74. The summed E-state index contributed by atoms with van der Waals surface area (Å²) in [5.74, 6) is -3.77. The lowest BCUT2D eigenvalue weighted by molar-refractivity contribution is -0.243. The topological polar surface area (TPSA) is 107 Å². The maximum absolute atomic E-state index is 13.2. The molecule has 158 valence electrons. The first kappa shape index (κ1) is 23.9. The lowest BCUT2D eigenvalue weighted by atomic mass is 9.91. The van der Waals surface area contributed by atoms with Gasteiger partial charge in [-0.25, -0.2) is 4.79 Å². The molecule has 1 aromatic rings. The van der Waals surface area contributed by atoms with Gasteiger partial charge in [-0.3, -0.25) is 9.35 Å². The fraction of sp³-hybridized carbons (Fsp3) is 0.529. The minimum absolute atomic E-state index is 0.0691. The molecule has 0 radical (unpaired) electrons. The first-order chi connectivity index (χ1) is 12.5. The second kappa shape index (κ2) is 8.08. The number of hydrogen-bond donors (Lipinski definition) is 1. The normalized spacial score (nSPS) is 14.9. The summed E-state index contributed by atoms with van der Waals surface area (Å²) >= 11 is 0. The molecule has 1 aromatic carbocycles. The summed E-state index contributed by atoms with van der Waals surface area (Å²) in [4.78, 5) is 24.0. The van der Waals surface area contributed by atoms with E-state index in [4.69, 9.17) is 9.29 Å². The number of alkyl halides is 3. The number of carbonyl (C=O) groups excluding carboxylic acids is 2. The van der Waals surface area contributed by atoms with Gasteiger partial charge >= 0.3 is 18.1 Å². The SMILES string of the molecule is CCC(C)(C)C(=O)Oc1ccc(C(=O)OC(C)(CS(=O)(=O)O)C(F)(F)F)cc1. The molecule has 0 bridgehead atoms. The average molecular weight is 426 g/mol. The molecule has 0 saturated carbocycles. The summed E-state index contributed by atoms with van der Waals surface area (Å²) in [5.41, 5.74) is -4.53. The van der Waals surface area contributed by atoms with Crippen LogP contribution in [0.2, 0.25) is 0 Å². The fourth-order valence-corrected chi connectivity index (χ4v) is 2.75. The van der Waals surface area contributed by atoms with Gasteiger partial charge in [0.1, 0.15) is 11.5 Å². The van der Waals surface area contributed by atoms with E-state index >= 15 is 0 Å². The van der Waals surface area contributed by atoms with E-state index in [1.165, 1.54) is 12.1 Å². The highest BCUT2D eigenvalue weighted by Crippen LogP contribution is 2.35. The van der Waals surface area contributed by atoms with Crippen LogP contribution in [-0.2, 0) is 19.6 Å². The monoisotopic (exact) mass is 426 g/mol. The maximum Gasteiger partial charge on any atom is 0.429 e. The van der Waals surface area contributed by atoms with E-state index in [1.54, 1.807) is 20.8 Å². The molecule has 0 spiro atoms. The van der Waals surface area contributed by atoms with Crippen LogP contribution in [0.5, 0.6) is 5.75 Å². The first-order valence-corrected chi connectivity index (χ1v) is 9.69. The number of ether oxygens (including phenoxy) is 2. The molecule has 28 heavy (non-hydrogen) atoms. The van der Waals surface area contributed by atoms with Crippen molar-refractivity contribution in [2.24, 2.45) is 5.41 Å². The largest absolute Gasteiger partial charge is 0.445 e. The van der Waals surface area contributed by atoms with Crippen molar-refractivity contribution in [3.63, 3.8) is 0 Å².